The number of piperazine rings is 1. The molecule has 0 saturated carbocycles. The zero-order valence-electron chi connectivity index (χ0n) is 10.9. The van der Waals surface area contributed by atoms with E-state index in [1.807, 2.05) is 24.3 Å². The third kappa shape index (κ3) is 2.42. The van der Waals surface area contributed by atoms with E-state index in [4.69, 9.17) is 0 Å². The molecule has 104 valence electrons. The first kappa shape index (κ1) is 12.7. The van der Waals surface area contributed by atoms with Crippen LogP contribution in [-0.4, -0.2) is 46.9 Å². The van der Waals surface area contributed by atoms with Crippen LogP contribution in [0.5, 0.6) is 0 Å². The van der Waals surface area contributed by atoms with E-state index in [0.29, 0.717) is 6.54 Å². The Morgan fingerprint density at radius 2 is 1.68 bits per heavy atom. The predicted molar refractivity (Wildman–Crippen MR) is 77.3 cm³/mol. The lowest BCUT2D eigenvalue weighted by atomic mass is 10.2. The average molecular weight is 281 g/mol. The van der Waals surface area contributed by atoms with Crippen molar-refractivity contribution in [2.45, 2.75) is 6.42 Å². The Balaban J connectivity index is 1.97. The fraction of sp³-hybridized carbons (Fsp3) is 0.538. The van der Waals surface area contributed by atoms with Gasteiger partial charge >= 0.3 is 0 Å². The Bertz CT molecular complexity index is 553. The molecule has 2 saturated heterocycles. The Hall–Kier alpha value is -1.27. The van der Waals surface area contributed by atoms with Crippen LogP contribution < -0.4 is 14.5 Å². The molecule has 0 unspecified atom stereocenters. The molecule has 6 heteroatoms. The minimum Gasteiger partial charge on any atom is -0.367 e. The molecule has 0 atom stereocenters. The van der Waals surface area contributed by atoms with Crippen LogP contribution in [0.2, 0.25) is 0 Å². The summed E-state index contributed by atoms with van der Waals surface area (Å²) < 4.78 is 25.8. The summed E-state index contributed by atoms with van der Waals surface area (Å²) in [5.41, 5.74) is 1.87. The van der Waals surface area contributed by atoms with Crippen molar-refractivity contribution in [2.24, 2.45) is 0 Å². The highest BCUT2D eigenvalue weighted by molar-refractivity contribution is 7.93. The van der Waals surface area contributed by atoms with Gasteiger partial charge in [0, 0.05) is 32.7 Å². The third-order valence-electron chi connectivity index (χ3n) is 3.71. The standard InChI is InChI=1S/C13H19N3O2S/c17-19(18)11-3-8-16(19)13-5-2-1-4-12(13)15-9-6-14-7-10-15/h1-2,4-5,14H,3,6-11H2. The van der Waals surface area contributed by atoms with Crippen LogP contribution in [0.15, 0.2) is 24.3 Å². The smallest absolute Gasteiger partial charge is 0.235 e. The molecule has 1 N–H and O–H groups in total. The van der Waals surface area contributed by atoms with Gasteiger partial charge in [0.05, 0.1) is 17.1 Å². The molecule has 2 aliphatic heterocycles. The molecule has 0 spiro atoms. The number of sulfonamides is 1. The SMILES string of the molecule is O=S1(=O)CCCN1c1ccccc1N1CCNCC1. The molecule has 0 aromatic heterocycles. The van der Waals surface area contributed by atoms with Crippen molar-refractivity contribution in [1.29, 1.82) is 0 Å². The van der Waals surface area contributed by atoms with E-state index in [-0.39, 0.29) is 5.75 Å². The molecule has 2 heterocycles. The van der Waals surface area contributed by atoms with Gasteiger partial charge in [-0.2, -0.15) is 0 Å². The van der Waals surface area contributed by atoms with Gasteiger partial charge in [0.1, 0.15) is 0 Å². The largest absolute Gasteiger partial charge is 0.367 e. The molecular formula is C13H19N3O2S. The van der Waals surface area contributed by atoms with Crippen molar-refractivity contribution in [3.8, 4) is 0 Å². The van der Waals surface area contributed by atoms with Gasteiger partial charge in [-0.05, 0) is 18.6 Å². The Morgan fingerprint density at radius 3 is 2.32 bits per heavy atom. The van der Waals surface area contributed by atoms with Crippen molar-refractivity contribution in [2.75, 3.05) is 47.7 Å². The second-order valence-electron chi connectivity index (χ2n) is 4.97. The molecular weight excluding hydrogens is 262 g/mol. The number of nitrogens with zero attached hydrogens (tertiary/aromatic N) is 2. The van der Waals surface area contributed by atoms with Gasteiger partial charge in [-0.15, -0.1) is 0 Å². The lowest BCUT2D eigenvalue weighted by Crippen LogP contribution is -2.44. The molecule has 3 rings (SSSR count). The maximum Gasteiger partial charge on any atom is 0.235 e. The van der Waals surface area contributed by atoms with Gasteiger partial charge in [-0.1, -0.05) is 12.1 Å². The van der Waals surface area contributed by atoms with Gasteiger partial charge < -0.3 is 10.2 Å². The van der Waals surface area contributed by atoms with E-state index < -0.39 is 10.0 Å². The summed E-state index contributed by atoms with van der Waals surface area (Å²) in [6.45, 7) is 4.34. The molecule has 19 heavy (non-hydrogen) atoms. The number of rotatable bonds is 2. The summed E-state index contributed by atoms with van der Waals surface area (Å²) in [6.07, 6.45) is 0.720. The van der Waals surface area contributed by atoms with Crippen molar-refractivity contribution in [3.63, 3.8) is 0 Å². The first-order chi connectivity index (χ1) is 9.18. The summed E-state index contributed by atoms with van der Waals surface area (Å²) in [5.74, 6) is 0.267. The Kier molecular flexibility index (Phi) is 3.36. The summed E-state index contributed by atoms with van der Waals surface area (Å²) in [4.78, 5) is 2.26. The monoisotopic (exact) mass is 281 g/mol. The number of anilines is 2. The zero-order chi connectivity index (χ0) is 13.3. The molecule has 0 amide bonds. The highest BCUT2D eigenvalue weighted by atomic mass is 32.2. The van der Waals surface area contributed by atoms with Crippen molar-refractivity contribution in [1.82, 2.24) is 5.32 Å². The normalized spacial score (nSPS) is 22.7. The second kappa shape index (κ2) is 5.02. The number of hydrogen-bond acceptors (Lipinski definition) is 4. The Morgan fingerprint density at radius 1 is 1.00 bits per heavy atom. The molecule has 5 nitrogen and oxygen atoms in total. The lowest BCUT2D eigenvalue weighted by Gasteiger charge is -2.32. The van der Waals surface area contributed by atoms with Crippen molar-refractivity contribution in [3.05, 3.63) is 24.3 Å². The molecule has 0 aliphatic carbocycles. The van der Waals surface area contributed by atoms with E-state index in [9.17, 15) is 8.42 Å². The third-order valence-corrected chi connectivity index (χ3v) is 5.56. The van der Waals surface area contributed by atoms with Crippen LogP contribution in [0.25, 0.3) is 0 Å². The van der Waals surface area contributed by atoms with Crippen molar-refractivity contribution >= 4 is 21.4 Å². The van der Waals surface area contributed by atoms with E-state index in [1.54, 1.807) is 4.31 Å². The first-order valence-corrected chi connectivity index (χ1v) is 8.34. The van der Waals surface area contributed by atoms with E-state index in [2.05, 4.69) is 10.2 Å². The fourth-order valence-corrected chi connectivity index (χ4v) is 4.33. The summed E-state index contributed by atoms with van der Waals surface area (Å²) in [5, 5.41) is 3.32. The summed E-state index contributed by atoms with van der Waals surface area (Å²) in [7, 11) is -3.11. The maximum absolute atomic E-state index is 12.1. The quantitative estimate of drug-likeness (QED) is 0.864. The van der Waals surface area contributed by atoms with Crippen LogP contribution in [-0.2, 0) is 10.0 Å². The summed E-state index contributed by atoms with van der Waals surface area (Å²) in [6, 6.07) is 7.83. The molecule has 1 aromatic carbocycles. The van der Waals surface area contributed by atoms with Gasteiger partial charge in [0.2, 0.25) is 10.0 Å². The molecule has 1 aromatic rings. The summed E-state index contributed by atoms with van der Waals surface area (Å²) >= 11 is 0. The zero-order valence-corrected chi connectivity index (χ0v) is 11.7. The topological polar surface area (TPSA) is 52.7 Å². The lowest BCUT2D eigenvalue weighted by molar-refractivity contribution is 0.588. The minimum absolute atomic E-state index is 0.267. The predicted octanol–water partition coefficient (Wildman–Crippen LogP) is 0.636. The molecule has 2 aliphatic rings. The highest BCUT2D eigenvalue weighted by Gasteiger charge is 2.30. The van der Waals surface area contributed by atoms with E-state index in [1.165, 1.54) is 0 Å². The van der Waals surface area contributed by atoms with Gasteiger partial charge in [0.15, 0.2) is 0 Å². The van der Waals surface area contributed by atoms with Gasteiger partial charge in [-0.3, -0.25) is 4.31 Å². The molecule has 2 fully saturated rings. The maximum atomic E-state index is 12.1. The average Bonchev–Trinajstić information content (AvgIpc) is 2.79. The van der Waals surface area contributed by atoms with Crippen molar-refractivity contribution < 1.29 is 8.42 Å². The fourth-order valence-electron chi connectivity index (χ4n) is 2.76. The van der Waals surface area contributed by atoms with Gasteiger partial charge in [-0.25, -0.2) is 8.42 Å². The molecule has 0 bridgehead atoms. The van der Waals surface area contributed by atoms with Crippen LogP contribution >= 0.6 is 0 Å². The van der Waals surface area contributed by atoms with Crippen LogP contribution in [0.3, 0.4) is 0 Å². The van der Waals surface area contributed by atoms with Crippen LogP contribution in [0.1, 0.15) is 6.42 Å². The number of hydrogen-bond donors (Lipinski definition) is 1. The first-order valence-electron chi connectivity index (χ1n) is 6.73. The number of nitrogens with one attached hydrogen (secondary N) is 1. The highest BCUT2D eigenvalue weighted by Crippen LogP contribution is 2.33. The second-order valence-corrected chi connectivity index (χ2v) is 6.98. The minimum atomic E-state index is -3.11. The number of para-hydroxylation sites is 2. The van der Waals surface area contributed by atoms with Crippen LogP contribution in [0, 0.1) is 0 Å². The molecule has 0 radical (unpaired) electrons. The number of benzene rings is 1. The van der Waals surface area contributed by atoms with E-state index in [0.717, 1.165) is 44.0 Å². The van der Waals surface area contributed by atoms with Crippen LogP contribution in [0.4, 0.5) is 11.4 Å². The van der Waals surface area contributed by atoms with Gasteiger partial charge in [0.25, 0.3) is 0 Å². The Labute approximate surface area is 114 Å². The van der Waals surface area contributed by atoms with E-state index >= 15 is 0 Å².